The Balaban J connectivity index is 1.40. The van der Waals surface area contributed by atoms with Crippen LogP contribution < -0.4 is 0 Å². The predicted molar refractivity (Wildman–Crippen MR) is 125 cm³/mol. The second-order valence-corrected chi connectivity index (χ2v) is 11.6. The summed E-state index contributed by atoms with van der Waals surface area (Å²) in [7, 11) is 0. The van der Waals surface area contributed by atoms with Crippen molar-refractivity contribution in [2.45, 2.75) is 91.6 Å². The maximum absolute atomic E-state index is 10.3. The lowest BCUT2D eigenvalue weighted by atomic mass is 9.51. The SMILES string of the molecule is Cc1cccc(C[C@@H](C)[C@H]2CC=C3C4=C(CC[C@@]32C)[C@@]2(C)CCC(O)CC2CC4)c1. The van der Waals surface area contributed by atoms with Gasteiger partial charge in [0, 0.05) is 0 Å². The second-order valence-electron chi connectivity index (χ2n) is 11.6. The van der Waals surface area contributed by atoms with Crippen LogP contribution in [0.25, 0.3) is 0 Å². The lowest BCUT2D eigenvalue weighted by Crippen LogP contribution is -2.44. The zero-order valence-corrected chi connectivity index (χ0v) is 19.5. The normalized spacial score (nSPS) is 39.1. The fourth-order valence-corrected chi connectivity index (χ4v) is 8.08. The van der Waals surface area contributed by atoms with E-state index in [0.29, 0.717) is 22.7 Å². The Morgan fingerprint density at radius 1 is 1.10 bits per heavy atom. The zero-order valence-electron chi connectivity index (χ0n) is 19.5. The van der Waals surface area contributed by atoms with Crippen LogP contribution in [0.15, 0.2) is 47.1 Å². The largest absolute Gasteiger partial charge is 0.393 e. The van der Waals surface area contributed by atoms with Crippen molar-refractivity contribution in [3.8, 4) is 0 Å². The van der Waals surface area contributed by atoms with Crippen molar-refractivity contribution >= 4 is 0 Å². The summed E-state index contributed by atoms with van der Waals surface area (Å²) in [4.78, 5) is 0. The number of fused-ring (bicyclic) bond motifs is 4. The van der Waals surface area contributed by atoms with Crippen LogP contribution in [0.3, 0.4) is 0 Å². The van der Waals surface area contributed by atoms with E-state index in [4.69, 9.17) is 0 Å². The average molecular weight is 405 g/mol. The Hall–Kier alpha value is -1.34. The molecule has 4 aliphatic rings. The van der Waals surface area contributed by atoms with Crippen LogP contribution in [0.4, 0.5) is 0 Å². The van der Waals surface area contributed by atoms with E-state index in [0.717, 1.165) is 18.8 Å². The Labute approximate surface area is 183 Å². The third-order valence-corrected chi connectivity index (χ3v) is 9.81. The fraction of sp³-hybridized carbons (Fsp3) is 0.655. The molecule has 1 aromatic carbocycles. The van der Waals surface area contributed by atoms with Crippen molar-refractivity contribution in [2.75, 3.05) is 0 Å². The van der Waals surface area contributed by atoms with Gasteiger partial charge in [0.1, 0.15) is 0 Å². The topological polar surface area (TPSA) is 20.2 Å². The van der Waals surface area contributed by atoms with Crippen molar-refractivity contribution in [1.29, 1.82) is 0 Å². The molecule has 1 saturated carbocycles. The molecule has 0 aliphatic heterocycles. The molecule has 0 bridgehead atoms. The summed E-state index contributed by atoms with van der Waals surface area (Å²) in [6.45, 7) is 9.83. The lowest BCUT2D eigenvalue weighted by Gasteiger charge is -2.54. The summed E-state index contributed by atoms with van der Waals surface area (Å²) < 4.78 is 0. The molecule has 0 radical (unpaired) electrons. The van der Waals surface area contributed by atoms with E-state index in [2.05, 4.69) is 58.0 Å². The number of allylic oxidation sites excluding steroid dienone is 4. The molecule has 1 fully saturated rings. The Morgan fingerprint density at radius 2 is 1.93 bits per heavy atom. The van der Waals surface area contributed by atoms with Crippen LogP contribution in [0.5, 0.6) is 0 Å². The van der Waals surface area contributed by atoms with E-state index >= 15 is 0 Å². The Bertz CT molecular complexity index is 891. The van der Waals surface area contributed by atoms with Gasteiger partial charge in [-0.1, -0.05) is 62.2 Å². The van der Waals surface area contributed by atoms with Crippen LogP contribution in [0, 0.1) is 35.5 Å². The molecular formula is C29H40O. The summed E-state index contributed by atoms with van der Waals surface area (Å²) >= 11 is 0. The standard InChI is InChI=1S/C29H40O/c1-19-6-5-7-21(16-19)17-20(2)25-10-11-26-24-9-8-22-18-23(30)12-14-28(22,3)27(24)13-15-29(25,26)4/h5-7,11,16,20,22-23,25,30H,8-10,12-15,17-18H2,1-4H3/t20-,22?,23?,25-,28+,29-/m1/s1. The van der Waals surface area contributed by atoms with Crippen LogP contribution in [-0.4, -0.2) is 11.2 Å². The van der Waals surface area contributed by atoms with Crippen molar-refractivity contribution in [3.05, 3.63) is 58.2 Å². The van der Waals surface area contributed by atoms with Crippen LogP contribution in [-0.2, 0) is 6.42 Å². The van der Waals surface area contributed by atoms with Gasteiger partial charge in [0.15, 0.2) is 0 Å². The fourth-order valence-electron chi connectivity index (χ4n) is 8.08. The van der Waals surface area contributed by atoms with Crippen LogP contribution in [0.2, 0.25) is 0 Å². The minimum absolute atomic E-state index is 0.0587. The summed E-state index contributed by atoms with van der Waals surface area (Å²) in [5.74, 6) is 2.17. The summed E-state index contributed by atoms with van der Waals surface area (Å²) in [5.41, 5.74) is 8.87. The number of aryl methyl sites for hydroxylation is 1. The van der Waals surface area contributed by atoms with Gasteiger partial charge in [-0.15, -0.1) is 0 Å². The number of rotatable bonds is 3. The first-order valence-corrected chi connectivity index (χ1v) is 12.5. The summed E-state index contributed by atoms with van der Waals surface area (Å²) in [6, 6.07) is 9.12. The third-order valence-electron chi connectivity index (χ3n) is 9.81. The van der Waals surface area contributed by atoms with Gasteiger partial charge >= 0.3 is 0 Å². The van der Waals surface area contributed by atoms with Gasteiger partial charge in [0.25, 0.3) is 0 Å². The molecule has 0 aromatic heterocycles. The lowest BCUT2D eigenvalue weighted by molar-refractivity contribution is 0.0226. The molecule has 2 unspecified atom stereocenters. The van der Waals surface area contributed by atoms with Gasteiger partial charge < -0.3 is 5.11 Å². The monoisotopic (exact) mass is 404 g/mol. The highest BCUT2D eigenvalue weighted by atomic mass is 16.3. The first kappa shape index (κ1) is 20.6. The minimum Gasteiger partial charge on any atom is -0.393 e. The second kappa shape index (κ2) is 7.37. The number of hydrogen-bond acceptors (Lipinski definition) is 1. The van der Waals surface area contributed by atoms with E-state index < -0.39 is 0 Å². The van der Waals surface area contributed by atoms with Crippen LogP contribution in [0.1, 0.15) is 83.3 Å². The highest BCUT2D eigenvalue weighted by Gasteiger charge is 2.52. The molecule has 1 heteroatoms. The first-order valence-electron chi connectivity index (χ1n) is 12.5. The molecule has 0 amide bonds. The van der Waals surface area contributed by atoms with E-state index in [9.17, 15) is 5.11 Å². The van der Waals surface area contributed by atoms with Crippen molar-refractivity contribution in [1.82, 2.24) is 0 Å². The predicted octanol–water partition coefficient (Wildman–Crippen LogP) is 7.18. The van der Waals surface area contributed by atoms with Crippen molar-refractivity contribution < 1.29 is 5.11 Å². The van der Waals surface area contributed by atoms with Gasteiger partial charge in [-0.2, -0.15) is 0 Å². The van der Waals surface area contributed by atoms with E-state index in [-0.39, 0.29) is 6.10 Å². The molecule has 162 valence electrons. The zero-order chi connectivity index (χ0) is 21.1. The van der Waals surface area contributed by atoms with Crippen molar-refractivity contribution in [2.24, 2.45) is 28.6 Å². The molecule has 0 heterocycles. The van der Waals surface area contributed by atoms with Gasteiger partial charge in [-0.05, 0) is 110 Å². The van der Waals surface area contributed by atoms with Crippen LogP contribution >= 0.6 is 0 Å². The quantitative estimate of drug-likeness (QED) is 0.566. The van der Waals surface area contributed by atoms with Crippen molar-refractivity contribution in [3.63, 3.8) is 0 Å². The van der Waals surface area contributed by atoms with Gasteiger partial charge in [0.2, 0.25) is 0 Å². The summed E-state index contributed by atoms with van der Waals surface area (Å²) in [6.07, 6.45) is 13.4. The van der Waals surface area contributed by atoms with E-state index in [1.807, 2.05) is 0 Å². The molecule has 1 aromatic rings. The number of benzene rings is 1. The smallest absolute Gasteiger partial charge is 0.0543 e. The number of aliphatic hydroxyl groups is 1. The molecule has 0 spiro atoms. The Morgan fingerprint density at radius 3 is 2.73 bits per heavy atom. The summed E-state index contributed by atoms with van der Waals surface area (Å²) in [5, 5.41) is 10.3. The molecule has 5 rings (SSSR count). The molecule has 4 aliphatic carbocycles. The number of aliphatic hydroxyl groups excluding tert-OH is 1. The third kappa shape index (κ3) is 3.15. The van der Waals surface area contributed by atoms with Gasteiger partial charge in [-0.3, -0.25) is 0 Å². The van der Waals surface area contributed by atoms with Gasteiger partial charge in [-0.25, -0.2) is 0 Å². The van der Waals surface area contributed by atoms with Gasteiger partial charge in [0.05, 0.1) is 6.10 Å². The maximum atomic E-state index is 10.3. The molecular weight excluding hydrogens is 364 g/mol. The minimum atomic E-state index is -0.0587. The molecule has 6 atom stereocenters. The van der Waals surface area contributed by atoms with E-state index in [1.54, 1.807) is 16.7 Å². The Kier molecular flexibility index (Phi) is 5.05. The average Bonchev–Trinajstić information content (AvgIpc) is 3.06. The van der Waals surface area contributed by atoms with E-state index in [1.165, 1.54) is 56.1 Å². The maximum Gasteiger partial charge on any atom is 0.0543 e. The highest BCUT2D eigenvalue weighted by molar-refractivity contribution is 5.49. The molecule has 1 nitrogen and oxygen atoms in total. The first-order chi connectivity index (χ1) is 14.3. The molecule has 1 N–H and O–H groups in total. The number of hydrogen-bond donors (Lipinski definition) is 1. The molecule has 0 saturated heterocycles. The highest BCUT2D eigenvalue weighted by Crippen LogP contribution is 2.64. The molecule has 30 heavy (non-hydrogen) atoms.